The maximum absolute atomic E-state index is 11.8. The summed E-state index contributed by atoms with van der Waals surface area (Å²) in [4.78, 5) is 23.4. The maximum atomic E-state index is 11.8. The Balaban J connectivity index is 2.36. The van der Waals surface area contributed by atoms with Gasteiger partial charge in [0.15, 0.2) is 0 Å². The second-order valence-electron chi connectivity index (χ2n) is 4.15. The van der Waals surface area contributed by atoms with Gasteiger partial charge in [-0.1, -0.05) is 0 Å². The largest absolute Gasteiger partial charge is 0.349 e. The molecule has 0 aliphatic carbocycles. The van der Waals surface area contributed by atoms with Gasteiger partial charge in [-0.05, 0) is 18.2 Å². The number of carbonyl (C=O) groups excluding carboxylic acids is 1. The molecule has 20 heavy (non-hydrogen) atoms. The highest BCUT2D eigenvalue weighted by Gasteiger charge is 2.22. The Morgan fingerprint density at radius 2 is 2.10 bits per heavy atom. The SMILES string of the molecule is NNC(=O)C1=Cc2n[nH]c(=O)c3ccc(NN)c(c23)N1. The van der Waals surface area contributed by atoms with E-state index < -0.39 is 5.91 Å². The molecule has 102 valence electrons. The quantitative estimate of drug-likeness (QED) is 0.232. The van der Waals surface area contributed by atoms with Gasteiger partial charge in [-0.15, -0.1) is 0 Å². The highest BCUT2D eigenvalue weighted by Crippen LogP contribution is 2.35. The smallest absolute Gasteiger partial charge is 0.281 e. The molecule has 0 atom stereocenters. The molecule has 1 aromatic carbocycles. The number of aromatic amines is 1. The summed E-state index contributed by atoms with van der Waals surface area (Å²) in [5.74, 6) is 10.0. The first-order chi connectivity index (χ1) is 9.65. The molecular formula is C11H11N7O2. The molecule has 0 saturated carbocycles. The third kappa shape index (κ3) is 1.61. The van der Waals surface area contributed by atoms with E-state index in [0.717, 1.165) is 0 Å². The van der Waals surface area contributed by atoms with Gasteiger partial charge in [0.25, 0.3) is 11.5 Å². The molecule has 0 spiro atoms. The number of nitrogens with one attached hydrogen (secondary N) is 4. The summed E-state index contributed by atoms with van der Waals surface area (Å²) in [5.41, 5.74) is 5.88. The molecule has 0 fully saturated rings. The maximum Gasteiger partial charge on any atom is 0.281 e. The van der Waals surface area contributed by atoms with Crippen molar-refractivity contribution in [2.24, 2.45) is 11.7 Å². The summed E-state index contributed by atoms with van der Waals surface area (Å²) >= 11 is 0. The van der Waals surface area contributed by atoms with Crippen LogP contribution in [0.25, 0.3) is 16.8 Å². The average molecular weight is 273 g/mol. The highest BCUT2D eigenvalue weighted by atomic mass is 16.2. The van der Waals surface area contributed by atoms with Crippen LogP contribution in [0.1, 0.15) is 5.69 Å². The number of hydrogen-bond acceptors (Lipinski definition) is 7. The molecule has 1 amide bonds. The Bertz CT molecular complexity index is 808. The van der Waals surface area contributed by atoms with Gasteiger partial charge in [-0.25, -0.2) is 10.9 Å². The van der Waals surface area contributed by atoms with Crippen molar-refractivity contribution in [3.63, 3.8) is 0 Å². The van der Waals surface area contributed by atoms with E-state index in [1.807, 2.05) is 5.43 Å². The lowest BCUT2D eigenvalue weighted by Gasteiger charge is -2.20. The van der Waals surface area contributed by atoms with Crippen LogP contribution in [0, 0.1) is 0 Å². The Morgan fingerprint density at radius 3 is 2.80 bits per heavy atom. The zero-order valence-electron chi connectivity index (χ0n) is 10.2. The molecule has 2 heterocycles. The summed E-state index contributed by atoms with van der Waals surface area (Å²) in [6.45, 7) is 0. The van der Waals surface area contributed by atoms with Crippen LogP contribution in [0.4, 0.5) is 11.4 Å². The summed E-state index contributed by atoms with van der Waals surface area (Å²) in [7, 11) is 0. The molecular weight excluding hydrogens is 262 g/mol. The van der Waals surface area contributed by atoms with Crippen molar-refractivity contribution in [2.75, 3.05) is 10.7 Å². The minimum atomic E-state index is -0.511. The van der Waals surface area contributed by atoms with Crippen molar-refractivity contribution >= 4 is 34.1 Å². The van der Waals surface area contributed by atoms with E-state index in [4.69, 9.17) is 11.7 Å². The number of anilines is 2. The molecule has 0 unspecified atom stereocenters. The Kier molecular flexibility index (Phi) is 2.63. The van der Waals surface area contributed by atoms with E-state index in [0.29, 0.717) is 27.8 Å². The number of hydrazine groups is 2. The fourth-order valence-corrected chi connectivity index (χ4v) is 2.15. The lowest BCUT2D eigenvalue weighted by molar-refractivity contribution is -0.117. The van der Waals surface area contributed by atoms with Crippen LogP contribution in [0.2, 0.25) is 0 Å². The Hall–Kier alpha value is -2.91. The van der Waals surface area contributed by atoms with E-state index in [9.17, 15) is 9.59 Å². The molecule has 1 aromatic heterocycles. The third-order valence-corrected chi connectivity index (χ3v) is 3.06. The first-order valence-electron chi connectivity index (χ1n) is 5.67. The van der Waals surface area contributed by atoms with Crippen LogP contribution in [0.3, 0.4) is 0 Å². The number of hydrogen-bond donors (Lipinski definition) is 6. The number of rotatable bonds is 2. The van der Waals surface area contributed by atoms with E-state index in [-0.39, 0.29) is 11.3 Å². The van der Waals surface area contributed by atoms with Gasteiger partial charge in [0.05, 0.1) is 22.5 Å². The monoisotopic (exact) mass is 273 g/mol. The highest BCUT2D eigenvalue weighted by molar-refractivity contribution is 6.12. The Labute approximate surface area is 112 Å². The van der Waals surface area contributed by atoms with Crippen molar-refractivity contribution in [3.05, 3.63) is 33.9 Å². The second kappa shape index (κ2) is 4.33. The van der Waals surface area contributed by atoms with E-state index in [1.165, 1.54) is 6.08 Å². The zero-order valence-corrected chi connectivity index (χ0v) is 10.2. The van der Waals surface area contributed by atoms with Crippen molar-refractivity contribution in [1.29, 1.82) is 0 Å². The molecule has 9 heteroatoms. The predicted molar refractivity (Wildman–Crippen MR) is 74.1 cm³/mol. The number of nitrogens with two attached hydrogens (primary N) is 2. The van der Waals surface area contributed by atoms with Gasteiger partial charge < -0.3 is 10.7 Å². The first-order valence-corrected chi connectivity index (χ1v) is 5.67. The molecule has 8 N–H and O–H groups in total. The predicted octanol–water partition coefficient (Wildman–Crippen LogP) is -1.04. The number of nitrogen functional groups attached to an aromatic ring is 1. The topological polar surface area (TPSA) is 151 Å². The summed E-state index contributed by atoms with van der Waals surface area (Å²) in [6.07, 6.45) is 1.49. The van der Waals surface area contributed by atoms with Gasteiger partial charge >= 0.3 is 0 Å². The van der Waals surface area contributed by atoms with Gasteiger partial charge in [-0.3, -0.25) is 20.9 Å². The van der Waals surface area contributed by atoms with Crippen LogP contribution in [0.15, 0.2) is 22.6 Å². The molecule has 3 rings (SSSR count). The minimum absolute atomic E-state index is 0.198. The fourth-order valence-electron chi connectivity index (χ4n) is 2.15. The molecule has 0 saturated heterocycles. The normalized spacial score (nSPS) is 12.6. The number of aromatic nitrogens is 2. The standard InChI is InChI=1S/C11H11N7O2/c12-15-5-2-1-4-8-6(17-18-10(4)19)3-7(11(20)16-13)14-9(5)8/h1-3,14-15H,12-13H2,(H,16,20)(H,18,19). The van der Waals surface area contributed by atoms with E-state index in [1.54, 1.807) is 12.1 Å². The Morgan fingerprint density at radius 1 is 1.30 bits per heavy atom. The lowest BCUT2D eigenvalue weighted by Crippen LogP contribution is -2.34. The number of benzene rings is 1. The second-order valence-corrected chi connectivity index (χ2v) is 4.15. The first kappa shape index (κ1) is 12.1. The number of carbonyl (C=O) groups is 1. The lowest BCUT2D eigenvalue weighted by atomic mass is 10.0. The summed E-state index contributed by atoms with van der Waals surface area (Å²) < 4.78 is 0. The van der Waals surface area contributed by atoms with Gasteiger partial charge in [0.2, 0.25) is 0 Å². The molecule has 1 aliphatic rings. The van der Waals surface area contributed by atoms with E-state index in [2.05, 4.69) is 20.9 Å². The average Bonchev–Trinajstić information content (AvgIpc) is 2.49. The van der Waals surface area contributed by atoms with Crippen molar-refractivity contribution < 1.29 is 4.79 Å². The zero-order chi connectivity index (χ0) is 14.3. The van der Waals surface area contributed by atoms with Crippen molar-refractivity contribution in [2.45, 2.75) is 0 Å². The van der Waals surface area contributed by atoms with Crippen LogP contribution in [-0.2, 0) is 4.79 Å². The van der Waals surface area contributed by atoms with Crippen molar-refractivity contribution in [3.8, 4) is 0 Å². The summed E-state index contributed by atoms with van der Waals surface area (Å²) in [6, 6.07) is 3.26. The molecule has 0 radical (unpaired) electrons. The van der Waals surface area contributed by atoms with Gasteiger partial charge in [0.1, 0.15) is 5.70 Å². The number of amides is 1. The van der Waals surface area contributed by atoms with Crippen LogP contribution in [-0.4, -0.2) is 16.1 Å². The fraction of sp³-hybridized carbons (Fsp3) is 0. The molecule has 1 aliphatic heterocycles. The van der Waals surface area contributed by atoms with Gasteiger partial charge in [-0.2, -0.15) is 5.10 Å². The number of nitrogens with zero attached hydrogens (tertiary/aromatic N) is 1. The van der Waals surface area contributed by atoms with Crippen LogP contribution in [0.5, 0.6) is 0 Å². The van der Waals surface area contributed by atoms with Crippen LogP contribution < -0.4 is 33.4 Å². The van der Waals surface area contributed by atoms with Gasteiger partial charge in [0, 0.05) is 5.39 Å². The minimum Gasteiger partial charge on any atom is -0.349 e. The number of H-pyrrole nitrogens is 1. The molecule has 2 aromatic rings. The summed E-state index contributed by atoms with van der Waals surface area (Å²) in [5, 5.41) is 10.2. The van der Waals surface area contributed by atoms with Crippen molar-refractivity contribution in [1.82, 2.24) is 15.6 Å². The molecule has 9 nitrogen and oxygen atoms in total. The van der Waals surface area contributed by atoms with Crippen LogP contribution >= 0.6 is 0 Å². The third-order valence-electron chi connectivity index (χ3n) is 3.06. The molecule has 0 bridgehead atoms. The van der Waals surface area contributed by atoms with E-state index >= 15 is 0 Å².